The van der Waals surface area contributed by atoms with E-state index >= 15 is 0 Å². The SMILES string of the molecule is CCc1ccc(Cc2cnc(NC)[nH]2)cc1. The van der Waals surface area contributed by atoms with E-state index in [1.165, 1.54) is 11.1 Å². The molecule has 84 valence electrons. The highest BCUT2D eigenvalue weighted by atomic mass is 15.1. The van der Waals surface area contributed by atoms with Gasteiger partial charge in [0.25, 0.3) is 0 Å². The van der Waals surface area contributed by atoms with Crippen molar-refractivity contribution in [1.29, 1.82) is 0 Å². The minimum absolute atomic E-state index is 0.820. The fourth-order valence-electron chi connectivity index (χ4n) is 1.69. The van der Waals surface area contributed by atoms with Gasteiger partial charge in [-0.15, -0.1) is 0 Å². The van der Waals surface area contributed by atoms with Gasteiger partial charge < -0.3 is 10.3 Å². The van der Waals surface area contributed by atoms with E-state index in [-0.39, 0.29) is 0 Å². The minimum Gasteiger partial charge on any atom is -0.359 e. The third-order valence-corrected chi connectivity index (χ3v) is 2.69. The molecule has 0 aliphatic heterocycles. The van der Waals surface area contributed by atoms with Crippen molar-refractivity contribution in [3.63, 3.8) is 0 Å². The molecule has 2 N–H and O–H groups in total. The van der Waals surface area contributed by atoms with Gasteiger partial charge in [-0.3, -0.25) is 0 Å². The number of hydrogen-bond acceptors (Lipinski definition) is 2. The molecule has 2 aromatic rings. The second-order valence-electron chi connectivity index (χ2n) is 3.85. The van der Waals surface area contributed by atoms with Crippen molar-refractivity contribution in [2.24, 2.45) is 0 Å². The Labute approximate surface area is 95.9 Å². The van der Waals surface area contributed by atoms with E-state index in [4.69, 9.17) is 0 Å². The highest BCUT2D eigenvalue weighted by Gasteiger charge is 2.00. The molecule has 16 heavy (non-hydrogen) atoms. The summed E-state index contributed by atoms with van der Waals surface area (Å²) in [7, 11) is 1.86. The first-order chi connectivity index (χ1) is 7.81. The molecule has 1 heterocycles. The Morgan fingerprint density at radius 3 is 2.44 bits per heavy atom. The largest absolute Gasteiger partial charge is 0.359 e. The predicted octanol–water partition coefficient (Wildman–Crippen LogP) is 2.60. The molecular formula is C13H17N3. The molecule has 0 aliphatic carbocycles. The molecule has 1 aromatic carbocycles. The number of aromatic amines is 1. The van der Waals surface area contributed by atoms with Crippen LogP contribution in [0.5, 0.6) is 0 Å². The molecule has 0 saturated carbocycles. The fraction of sp³-hybridized carbons (Fsp3) is 0.308. The Morgan fingerprint density at radius 2 is 1.88 bits per heavy atom. The normalized spacial score (nSPS) is 10.4. The van der Waals surface area contributed by atoms with Crippen molar-refractivity contribution in [3.8, 4) is 0 Å². The number of aromatic nitrogens is 2. The van der Waals surface area contributed by atoms with Crippen LogP contribution >= 0.6 is 0 Å². The summed E-state index contributed by atoms with van der Waals surface area (Å²) in [6.07, 6.45) is 3.87. The van der Waals surface area contributed by atoms with Crippen LogP contribution in [0.3, 0.4) is 0 Å². The van der Waals surface area contributed by atoms with Crippen molar-refractivity contribution in [3.05, 3.63) is 47.3 Å². The Balaban J connectivity index is 2.08. The molecule has 0 amide bonds. The second-order valence-corrected chi connectivity index (χ2v) is 3.85. The molecule has 1 aromatic heterocycles. The van der Waals surface area contributed by atoms with Crippen LogP contribution in [0, 0.1) is 0 Å². The summed E-state index contributed by atoms with van der Waals surface area (Å²) in [5, 5.41) is 2.98. The van der Waals surface area contributed by atoms with Gasteiger partial charge in [0.05, 0.1) is 6.20 Å². The van der Waals surface area contributed by atoms with Gasteiger partial charge >= 0.3 is 0 Å². The summed E-state index contributed by atoms with van der Waals surface area (Å²) in [6, 6.07) is 8.73. The molecule has 0 fully saturated rings. The molecular weight excluding hydrogens is 198 g/mol. The summed E-state index contributed by atoms with van der Waals surface area (Å²) >= 11 is 0. The van der Waals surface area contributed by atoms with E-state index in [1.807, 2.05) is 13.2 Å². The van der Waals surface area contributed by atoms with Crippen molar-refractivity contribution < 1.29 is 0 Å². The summed E-state index contributed by atoms with van der Waals surface area (Å²) in [5.74, 6) is 0.820. The van der Waals surface area contributed by atoms with Crippen LogP contribution in [0.1, 0.15) is 23.7 Å². The number of benzene rings is 1. The van der Waals surface area contributed by atoms with E-state index in [0.29, 0.717) is 0 Å². The zero-order valence-corrected chi connectivity index (χ0v) is 9.75. The Morgan fingerprint density at radius 1 is 1.19 bits per heavy atom. The van der Waals surface area contributed by atoms with Gasteiger partial charge in [0, 0.05) is 19.2 Å². The summed E-state index contributed by atoms with van der Waals surface area (Å²) in [5.41, 5.74) is 3.82. The number of nitrogens with one attached hydrogen (secondary N) is 2. The van der Waals surface area contributed by atoms with Crippen molar-refractivity contribution >= 4 is 5.95 Å². The quantitative estimate of drug-likeness (QED) is 0.823. The maximum atomic E-state index is 4.20. The molecule has 2 rings (SSSR count). The van der Waals surface area contributed by atoms with Gasteiger partial charge in [-0.05, 0) is 17.5 Å². The predicted molar refractivity (Wildman–Crippen MR) is 66.8 cm³/mol. The van der Waals surface area contributed by atoms with Crippen LogP contribution in [0.15, 0.2) is 30.5 Å². The first kappa shape index (κ1) is 10.7. The second kappa shape index (κ2) is 4.84. The summed E-state index contributed by atoms with van der Waals surface area (Å²) in [6.45, 7) is 2.17. The Kier molecular flexibility index (Phi) is 3.25. The number of anilines is 1. The molecule has 3 nitrogen and oxygen atoms in total. The fourth-order valence-corrected chi connectivity index (χ4v) is 1.69. The van der Waals surface area contributed by atoms with Gasteiger partial charge in [0.2, 0.25) is 0 Å². The topological polar surface area (TPSA) is 40.7 Å². The standard InChI is InChI=1S/C13H17N3/c1-3-10-4-6-11(7-5-10)8-12-9-15-13(14-2)16-12/h4-7,9H,3,8H2,1-2H3,(H2,14,15,16). The molecule has 0 aliphatic rings. The number of aryl methyl sites for hydroxylation is 1. The van der Waals surface area contributed by atoms with Crippen molar-refractivity contribution in [2.75, 3.05) is 12.4 Å². The molecule has 0 saturated heterocycles. The lowest BCUT2D eigenvalue weighted by Gasteiger charge is -2.01. The maximum Gasteiger partial charge on any atom is 0.200 e. The zero-order valence-electron chi connectivity index (χ0n) is 9.75. The molecule has 3 heteroatoms. The lowest BCUT2D eigenvalue weighted by Crippen LogP contribution is -1.92. The molecule has 0 atom stereocenters. The Bertz CT molecular complexity index is 442. The van der Waals surface area contributed by atoms with E-state index in [9.17, 15) is 0 Å². The number of H-pyrrole nitrogens is 1. The number of rotatable bonds is 4. The van der Waals surface area contributed by atoms with Crippen LogP contribution in [-0.4, -0.2) is 17.0 Å². The van der Waals surface area contributed by atoms with Crippen LogP contribution < -0.4 is 5.32 Å². The van der Waals surface area contributed by atoms with Gasteiger partial charge in [-0.25, -0.2) is 4.98 Å². The van der Waals surface area contributed by atoms with Crippen LogP contribution in [0.4, 0.5) is 5.95 Å². The van der Waals surface area contributed by atoms with Gasteiger partial charge in [-0.1, -0.05) is 31.2 Å². The van der Waals surface area contributed by atoms with E-state index < -0.39 is 0 Å². The maximum absolute atomic E-state index is 4.20. The van der Waals surface area contributed by atoms with Gasteiger partial charge in [0.15, 0.2) is 5.95 Å². The van der Waals surface area contributed by atoms with E-state index in [2.05, 4.69) is 46.5 Å². The van der Waals surface area contributed by atoms with Crippen LogP contribution in [0.25, 0.3) is 0 Å². The summed E-state index contributed by atoms with van der Waals surface area (Å²) in [4.78, 5) is 7.42. The number of hydrogen-bond donors (Lipinski definition) is 2. The minimum atomic E-state index is 0.820. The lowest BCUT2D eigenvalue weighted by molar-refractivity contribution is 1.09. The monoisotopic (exact) mass is 215 g/mol. The molecule has 0 spiro atoms. The summed E-state index contributed by atoms with van der Waals surface area (Å²) < 4.78 is 0. The average molecular weight is 215 g/mol. The molecule has 0 bridgehead atoms. The first-order valence-electron chi connectivity index (χ1n) is 5.61. The highest BCUT2D eigenvalue weighted by molar-refractivity contribution is 5.30. The van der Waals surface area contributed by atoms with Gasteiger partial charge in [-0.2, -0.15) is 0 Å². The average Bonchev–Trinajstić information content (AvgIpc) is 2.78. The highest BCUT2D eigenvalue weighted by Crippen LogP contribution is 2.11. The molecule has 0 radical (unpaired) electrons. The van der Waals surface area contributed by atoms with Crippen LogP contribution in [-0.2, 0) is 12.8 Å². The van der Waals surface area contributed by atoms with Crippen molar-refractivity contribution in [2.45, 2.75) is 19.8 Å². The third-order valence-electron chi connectivity index (χ3n) is 2.69. The lowest BCUT2D eigenvalue weighted by atomic mass is 10.1. The first-order valence-corrected chi connectivity index (χ1v) is 5.61. The Hall–Kier alpha value is -1.77. The van der Waals surface area contributed by atoms with Gasteiger partial charge in [0.1, 0.15) is 0 Å². The van der Waals surface area contributed by atoms with E-state index in [1.54, 1.807) is 0 Å². The zero-order chi connectivity index (χ0) is 11.4. The van der Waals surface area contributed by atoms with Crippen LogP contribution in [0.2, 0.25) is 0 Å². The number of nitrogens with zero attached hydrogens (tertiary/aromatic N) is 1. The van der Waals surface area contributed by atoms with E-state index in [0.717, 1.165) is 24.5 Å². The third kappa shape index (κ3) is 2.42. The molecule has 0 unspecified atom stereocenters. The number of imidazole rings is 1. The smallest absolute Gasteiger partial charge is 0.200 e. The van der Waals surface area contributed by atoms with Crippen molar-refractivity contribution in [1.82, 2.24) is 9.97 Å².